The molecule has 0 bridgehead atoms. The first-order valence-corrected chi connectivity index (χ1v) is 9.59. The van der Waals surface area contributed by atoms with Crippen molar-refractivity contribution in [3.05, 3.63) is 78.1 Å². The predicted octanol–water partition coefficient (Wildman–Crippen LogP) is 1.18. The lowest BCUT2D eigenvalue weighted by molar-refractivity contribution is -0.140. The molecule has 0 spiro atoms. The molecule has 1 aliphatic heterocycles. The predicted molar refractivity (Wildman–Crippen MR) is 106 cm³/mol. The van der Waals surface area contributed by atoms with Gasteiger partial charge in [-0.1, -0.05) is 60.7 Å². The summed E-state index contributed by atoms with van der Waals surface area (Å²) in [4.78, 5) is 29.5. The first-order valence-electron chi connectivity index (χ1n) is 9.59. The second kappa shape index (κ2) is 8.64. The molecule has 0 aliphatic carbocycles. The molecule has 1 aromatic heterocycles. The topological polar surface area (TPSA) is 84.2 Å². The molecule has 8 heteroatoms. The molecule has 0 saturated carbocycles. The molecule has 4 rings (SSSR count). The van der Waals surface area contributed by atoms with Gasteiger partial charge in [0.2, 0.25) is 11.8 Å². The van der Waals surface area contributed by atoms with E-state index in [0.29, 0.717) is 26.2 Å². The Morgan fingerprint density at radius 2 is 1.38 bits per heavy atom. The fourth-order valence-electron chi connectivity index (χ4n) is 3.62. The monoisotopic (exact) mass is 390 g/mol. The summed E-state index contributed by atoms with van der Waals surface area (Å²) in [6.07, 6.45) is 1.42. The lowest BCUT2D eigenvalue weighted by atomic mass is 9.90. The standard InChI is InChI=1S/C21H22N6O2/c28-19(15-27-16-22-23-24-27)25-11-13-26(14-12-25)21(29)20(17-7-3-1-4-8-17)18-9-5-2-6-10-18/h1-10,16,20H,11-15H2. The Balaban J connectivity index is 1.45. The molecule has 0 unspecified atom stereocenters. The molecule has 1 saturated heterocycles. The molecule has 2 heterocycles. The molecule has 148 valence electrons. The number of nitrogens with zero attached hydrogens (tertiary/aromatic N) is 6. The van der Waals surface area contributed by atoms with Crippen LogP contribution in [0.25, 0.3) is 0 Å². The number of aromatic nitrogens is 4. The van der Waals surface area contributed by atoms with Crippen molar-refractivity contribution in [3.8, 4) is 0 Å². The average Bonchev–Trinajstić information content (AvgIpc) is 3.28. The number of rotatable bonds is 5. The maximum absolute atomic E-state index is 13.4. The highest BCUT2D eigenvalue weighted by Gasteiger charge is 2.30. The SMILES string of the molecule is O=C(Cn1cnnn1)N1CCN(C(=O)C(c2ccccc2)c2ccccc2)CC1. The third kappa shape index (κ3) is 4.31. The molecule has 0 radical (unpaired) electrons. The van der Waals surface area contributed by atoms with Gasteiger partial charge < -0.3 is 9.80 Å². The summed E-state index contributed by atoms with van der Waals surface area (Å²) in [7, 11) is 0. The van der Waals surface area contributed by atoms with E-state index in [1.807, 2.05) is 65.6 Å². The molecule has 2 aromatic carbocycles. The molecule has 1 aliphatic rings. The molecule has 2 amide bonds. The third-order valence-electron chi connectivity index (χ3n) is 5.15. The fourth-order valence-corrected chi connectivity index (χ4v) is 3.62. The van der Waals surface area contributed by atoms with Crippen LogP contribution in [0.1, 0.15) is 17.0 Å². The maximum Gasteiger partial charge on any atom is 0.244 e. The van der Waals surface area contributed by atoms with Crippen LogP contribution >= 0.6 is 0 Å². The molecular weight excluding hydrogens is 368 g/mol. The van der Waals surface area contributed by atoms with Crippen LogP contribution in [-0.4, -0.2) is 68.0 Å². The minimum Gasteiger partial charge on any atom is -0.338 e. The van der Waals surface area contributed by atoms with Crippen LogP contribution in [0, 0.1) is 0 Å². The van der Waals surface area contributed by atoms with Gasteiger partial charge in [-0.25, -0.2) is 4.68 Å². The van der Waals surface area contributed by atoms with Gasteiger partial charge in [0.25, 0.3) is 0 Å². The highest BCUT2D eigenvalue weighted by Crippen LogP contribution is 2.27. The second-order valence-corrected chi connectivity index (χ2v) is 6.97. The zero-order valence-electron chi connectivity index (χ0n) is 16.0. The van der Waals surface area contributed by atoms with E-state index in [0.717, 1.165) is 11.1 Å². The van der Waals surface area contributed by atoms with Crippen molar-refractivity contribution in [2.24, 2.45) is 0 Å². The van der Waals surface area contributed by atoms with Gasteiger partial charge in [0, 0.05) is 26.2 Å². The van der Waals surface area contributed by atoms with E-state index in [1.54, 1.807) is 4.90 Å². The number of hydrogen-bond donors (Lipinski definition) is 0. The van der Waals surface area contributed by atoms with Gasteiger partial charge >= 0.3 is 0 Å². The Morgan fingerprint density at radius 3 is 1.90 bits per heavy atom. The van der Waals surface area contributed by atoms with Crippen LogP contribution in [0.5, 0.6) is 0 Å². The summed E-state index contributed by atoms with van der Waals surface area (Å²) in [6, 6.07) is 19.7. The van der Waals surface area contributed by atoms with Gasteiger partial charge in [-0.15, -0.1) is 5.10 Å². The van der Waals surface area contributed by atoms with Crippen molar-refractivity contribution in [1.29, 1.82) is 0 Å². The van der Waals surface area contributed by atoms with E-state index in [1.165, 1.54) is 11.0 Å². The Hall–Kier alpha value is -3.55. The van der Waals surface area contributed by atoms with E-state index in [2.05, 4.69) is 15.5 Å². The van der Waals surface area contributed by atoms with E-state index in [4.69, 9.17) is 0 Å². The summed E-state index contributed by atoms with van der Waals surface area (Å²) in [5, 5.41) is 10.8. The number of benzene rings is 2. The first kappa shape index (κ1) is 18.8. The summed E-state index contributed by atoms with van der Waals surface area (Å²) >= 11 is 0. The van der Waals surface area contributed by atoms with E-state index < -0.39 is 0 Å². The van der Waals surface area contributed by atoms with Gasteiger partial charge in [0.05, 0.1) is 5.92 Å². The number of amides is 2. The Bertz CT molecular complexity index is 898. The maximum atomic E-state index is 13.4. The molecule has 0 N–H and O–H groups in total. The smallest absolute Gasteiger partial charge is 0.244 e. The van der Waals surface area contributed by atoms with Crippen LogP contribution < -0.4 is 0 Å². The number of piperazine rings is 1. The van der Waals surface area contributed by atoms with Gasteiger partial charge in [0.15, 0.2) is 0 Å². The molecule has 1 fully saturated rings. The average molecular weight is 390 g/mol. The third-order valence-corrected chi connectivity index (χ3v) is 5.15. The highest BCUT2D eigenvalue weighted by molar-refractivity contribution is 5.87. The van der Waals surface area contributed by atoms with Gasteiger partial charge in [-0.05, 0) is 21.6 Å². The van der Waals surface area contributed by atoms with Crippen LogP contribution in [0.4, 0.5) is 0 Å². The number of carbonyl (C=O) groups is 2. The van der Waals surface area contributed by atoms with Gasteiger partial charge in [-0.3, -0.25) is 9.59 Å². The van der Waals surface area contributed by atoms with E-state index in [-0.39, 0.29) is 24.3 Å². The number of hydrogen-bond acceptors (Lipinski definition) is 5. The summed E-state index contributed by atoms with van der Waals surface area (Å²) in [6.45, 7) is 2.14. The van der Waals surface area contributed by atoms with E-state index in [9.17, 15) is 9.59 Å². The van der Waals surface area contributed by atoms with Crippen molar-refractivity contribution >= 4 is 11.8 Å². The number of tetrazole rings is 1. The number of carbonyl (C=O) groups excluding carboxylic acids is 2. The Labute approximate surface area is 168 Å². The van der Waals surface area contributed by atoms with E-state index >= 15 is 0 Å². The van der Waals surface area contributed by atoms with Gasteiger partial charge in [0.1, 0.15) is 12.9 Å². The molecule has 3 aromatic rings. The van der Waals surface area contributed by atoms with Crippen molar-refractivity contribution in [2.45, 2.75) is 12.5 Å². The molecular formula is C21H22N6O2. The lowest BCUT2D eigenvalue weighted by Gasteiger charge is -2.36. The largest absolute Gasteiger partial charge is 0.338 e. The fraction of sp³-hybridized carbons (Fsp3) is 0.286. The Morgan fingerprint density at radius 1 is 0.828 bits per heavy atom. The molecule has 29 heavy (non-hydrogen) atoms. The lowest BCUT2D eigenvalue weighted by Crippen LogP contribution is -2.52. The normalized spacial score (nSPS) is 14.2. The Kier molecular flexibility index (Phi) is 5.60. The van der Waals surface area contributed by atoms with Crippen molar-refractivity contribution in [1.82, 2.24) is 30.0 Å². The summed E-state index contributed by atoms with van der Waals surface area (Å²) < 4.78 is 1.40. The summed E-state index contributed by atoms with van der Waals surface area (Å²) in [5.41, 5.74) is 1.95. The summed E-state index contributed by atoms with van der Waals surface area (Å²) in [5.74, 6) is -0.331. The molecule has 0 atom stereocenters. The van der Waals surface area contributed by atoms with Crippen LogP contribution in [0.15, 0.2) is 67.0 Å². The van der Waals surface area contributed by atoms with Crippen molar-refractivity contribution in [2.75, 3.05) is 26.2 Å². The van der Waals surface area contributed by atoms with Crippen LogP contribution in [0.2, 0.25) is 0 Å². The highest BCUT2D eigenvalue weighted by atomic mass is 16.2. The second-order valence-electron chi connectivity index (χ2n) is 6.97. The molecule has 8 nitrogen and oxygen atoms in total. The van der Waals surface area contributed by atoms with Crippen molar-refractivity contribution in [3.63, 3.8) is 0 Å². The minimum atomic E-state index is -0.346. The van der Waals surface area contributed by atoms with Crippen LogP contribution in [-0.2, 0) is 16.1 Å². The zero-order chi connectivity index (χ0) is 20.1. The quantitative estimate of drug-likeness (QED) is 0.653. The van der Waals surface area contributed by atoms with Crippen LogP contribution in [0.3, 0.4) is 0 Å². The zero-order valence-corrected chi connectivity index (χ0v) is 16.0. The first-order chi connectivity index (χ1) is 14.2. The van der Waals surface area contributed by atoms with Gasteiger partial charge in [-0.2, -0.15) is 0 Å². The minimum absolute atomic E-state index is 0.0490. The van der Waals surface area contributed by atoms with Crippen molar-refractivity contribution < 1.29 is 9.59 Å².